The number of amides is 2. The smallest absolute Gasteiger partial charge is 0.434 e. The summed E-state index contributed by atoms with van der Waals surface area (Å²) in [5, 5.41) is 0. The predicted octanol–water partition coefficient (Wildman–Crippen LogP) is 1.05. The van der Waals surface area contributed by atoms with Crippen molar-refractivity contribution in [2.75, 3.05) is 13.3 Å². The van der Waals surface area contributed by atoms with Crippen molar-refractivity contribution in [3.8, 4) is 0 Å². The Morgan fingerprint density at radius 3 is 2.44 bits per heavy atom. The fraction of sp³-hybridized carbons (Fsp3) is 0.700. The summed E-state index contributed by atoms with van der Waals surface area (Å²) in [6.07, 6.45) is 1.04. The van der Waals surface area contributed by atoms with Gasteiger partial charge in [-0.1, -0.05) is 6.92 Å². The van der Waals surface area contributed by atoms with Gasteiger partial charge in [0.05, 0.1) is 6.61 Å². The van der Waals surface area contributed by atoms with Crippen LogP contribution in [-0.4, -0.2) is 36.2 Å². The molecule has 0 aromatic rings. The van der Waals surface area contributed by atoms with Gasteiger partial charge in [-0.15, -0.1) is 0 Å². The van der Waals surface area contributed by atoms with Crippen LogP contribution in [0.4, 0.5) is 4.79 Å². The van der Waals surface area contributed by atoms with E-state index in [1.807, 2.05) is 6.92 Å². The standard InChI is InChI=1S/C10H15NO5/c1-2-6-15-10(14)16-7-11-8(12)4-3-5-9(11)13/h2-7H2,1H3. The largest absolute Gasteiger partial charge is 0.510 e. The molecule has 0 atom stereocenters. The summed E-state index contributed by atoms with van der Waals surface area (Å²) in [6, 6.07) is 0. The molecule has 1 heterocycles. The Labute approximate surface area is 93.5 Å². The van der Waals surface area contributed by atoms with Gasteiger partial charge < -0.3 is 9.47 Å². The zero-order valence-electron chi connectivity index (χ0n) is 9.23. The monoisotopic (exact) mass is 229 g/mol. The van der Waals surface area contributed by atoms with Crippen molar-refractivity contribution < 1.29 is 23.9 Å². The van der Waals surface area contributed by atoms with Gasteiger partial charge in [-0.3, -0.25) is 9.59 Å². The molecule has 0 unspecified atom stereocenters. The molecule has 0 aliphatic carbocycles. The molecule has 1 aliphatic heterocycles. The minimum atomic E-state index is -0.854. The van der Waals surface area contributed by atoms with E-state index in [9.17, 15) is 14.4 Å². The molecule has 1 rings (SSSR count). The van der Waals surface area contributed by atoms with E-state index >= 15 is 0 Å². The van der Waals surface area contributed by atoms with Crippen molar-refractivity contribution in [1.82, 2.24) is 4.90 Å². The number of imide groups is 1. The summed E-state index contributed by atoms with van der Waals surface area (Å²) in [4.78, 5) is 34.5. The summed E-state index contributed by atoms with van der Waals surface area (Å²) in [5.74, 6) is -0.612. The average molecular weight is 229 g/mol. The molecule has 0 bridgehead atoms. The van der Waals surface area contributed by atoms with E-state index in [4.69, 9.17) is 0 Å². The van der Waals surface area contributed by atoms with Crippen LogP contribution in [0.15, 0.2) is 0 Å². The zero-order chi connectivity index (χ0) is 12.0. The summed E-state index contributed by atoms with van der Waals surface area (Å²) >= 11 is 0. The molecular weight excluding hydrogens is 214 g/mol. The highest BCUT2D eigenvalue weighted by Gasteiger charge is 2.26. The van der Waals surface area contributed by atoms with E-state index in [1.165, 1.54) is 0 Å². The van der Waals surface area contributed by atoms with Crippen LogP contribution in [0.25, 0.3) is 0 Å². The molecule has 1 saturated heterocycles. The minimum Gasteiger partial charge on any atom is -0.434 e. The molecule has 0 radical (unpaired) electrons. The molecule has 0 aromatic carbocycles. The highest BCUT2D eigenvalue weighted by atomic mass is 16.7. The zero-order valence-corrected chi connectivity index (χ0v) is 9.23. The summed E-state index contributed by atoms with van der Waals surface area (Å²) < 4.78 is 9.29. The lowest BCUT2D eigenvalue weighted by Gasteiger charge is -2.23. The van der Waals surface area contributed by atoms with E-state index in [0.717, 1.165) is 4.90 Å². The summed E-state index contributed by atoms with van der Waals surface area (Å²) in [7, 11) is 0. The van der Waals surface area contributed by atoms with Crippen LogP contribution in [0.5, 0.6) is 0 Å². The Kier molecular flexibility index (Phi) is 4.75. The number of nitrogens with zero attached hydrogens (tertiary/aromatic N) is 1. The van der Waals surface area contributed by atoms with Crippen molar-refractivity contribution in [2.45, 2.75) is 32.6 Å². The quantitative estimate of drug-likeness (QED) is 0.532. The number of carbonyl (C=O) groups excluding carboxylic acids is 3. The van der Waals surface area contributed by atoms with E-state index in [1.54, 1.807) is 0 Å². The SMILES string of the molecule is CCCOC(=O)OCN1C(=O)CCCC1=O. The van der Waals surface area contributed by atoms with Crippen molar-refractivity contribution in [2.24, 2.45) is 0 Å². The van der Waals surface area contributed by atoms with Crippen LogP contribution >= 0.6 is 0 Å². The minimum absolute atomic E-state index is 0.265. The van der Waals surface area contributed by atoms with Gasteiger partial charge in [0.2, 0.25) is 11.8 Å². The lowest BCUT2D eigenvalue weighted by atomic mass is 10.1. The third-order valence-corrected chi connectivity index (χ3v) is 2.12. The Morgan fingerprint density at radius 1 is 1.25 bits per heavy atom. The molecule has 0 aromatic heterocycles. The maximum atomic E-state index is 11.3. The first-order valence-electron chi connectivity index (χ1n) is 5.28. The van der Waals surface area contributed by atoms with Gasteiger partial charge in [0.25, 0.3) is 0 Å². The maximum Gasteiger partial charge on any atom is 0.510 e. The first-order valence-corrected chi connectivity index (χ1v) is 5.28. The molecule has 0 N–H and O–H groups in total. The average Bonchev–Trinajstić information content (AvgIpc) is 2.25. The predicted molar refractivity (Wildman–Crippen MR) is 53.3 cm³/mol. The van der Waals surface area contributed by atoms with Crippen LogP contribution in [0, 0.1) is 0 Å². The molecule has 6 heteroatoms. The second kappa shape index (κ2) is 6.09. The summed E-state index contributed by atoms with van der Waals surface area (Å²) in [5.41, 5.74) is 0. The molecule has 2 amide bonds. The Bertz CT molecular complexity index is 273. The number of ether oxygens (including phenoxy) is 2. The first kappa shape index (κ1) is 12.5. The van der Waals surface area contributed by atoms with Crippen LogP contribution in [-0.2, 0) is 19.1 Å². The van der Waals surface area contributed by atoms with Gasteiger partial charge in [0, 0.05) is 12.8 Å². The highest BCUT2D eigenvalue weighted by Crippen LogP contribution is 2.11. The van der Waals surface area contributed by atoms with E-state index in [-0.39, 0.29) is 25.2 Å². The van der Waals surface area contributed by atoms with Crippen LogP contribution < -0.4 is 0 Å². The molecule has 16 heavy (non-hydrogen) atoms. The Hall–Kier alpha value is -1.59. The van der Waals surface area contributed by atoms with Crippen LogP contribution in [0.1, 0.15) is 32.6 Å². The number of rotatable bonds is 4. The number of hydrogen-bond acceptors (Lipinski definition) is 5. The number of piperidine rings is 1. The summed E-state index contributed by atoms with van der Waals surface area (Å²) in [6.45, 7) is 1.77. The van der Waals surface area contributed by atoms with Crippen LogP contribution in [0.2, 0.25) is 0 Å². The molecule has 1 fully saturated rings. The normalized spacial score (nSPS) is 16.2. The molecular formula is C10H15NO5. The fourth-order valence-electron chi connectivity index (χ4n) is 1.29. The second-order valence-electron chi connectivity index (χ2n) is 3.44. The number of carbonyl (C=O) groups is 3. The molecule has 90 valence electrons. The van der Waals surface area contributed by atoms with Crippen LogP contribution in [0.3, 0.4) is 0 Å². The lowest BCUT2D eigenvalue weighted by Crippen LogP contribution is -2.42. The van der Waals surface area contributed by atoms with Crippen molar-refractivity contribution in [3.63, 3.8) is 0 Å². The molecule has 1 aliphatic rings. The van der Waals surface area contributed by atoms with Crippen molar-refractivity contribution in [3.05, 3.63) is 0 Å². The third kappa shape index (κ3) is 3.52. The van der Waals surface area contributed by atoms with Gasteiger partial charge in [-0.25, -0.2) is 9.69 Å². The van der Waals surface area contributed by atoms with E-state index < -0.39 is 6.16 Å². The third-order valence-electron chi connectivity index (χ3n) is 2.12. The van der Waals surface area contributed by atoms with Gasteiger partial charge >= 0.3 is 6.16 Å². The van der Waals surface area contributed by atoms with Crippen molar-refractivity contribution >= 4 is 18.0 Å². The Balaban J connectivity index is 2.32. The maximum absolute atomic E-state index is 11.3. The topological polar surface area (TPSA) is 72.9 Å². The van der Waals surface area contributed by atoms with Gasteiger partial charge in [-0.2, -0.15) is 0 Å². The lowest BCUT2D eigenvalue weighted by molar-refractivity contribution is -0.152. The van der Waals surface area contributed by atoms with Gasteiger partial charge in [0.1, 0.15) is 0 Å². The van der Waals surface area contributed by atoms with Crippen molar-refractivity contribution in [1.29, 1.82) is 0 Å². The second-order valence-corrected chi connectivity index (χ2v) is 3.44. The molecule has 0 saturated carbocycles. The van der Waals surface area contributed by atoms with Gasteiger partial charge in [-0.05, 0) is 12.8 Å². The highest BCUT2D eigenvalue weighted by molar-refractivity contribution is 5.97. The number of hydrogen-bond donors (Lipinski definition) is 0. The van der Waals surface area contributed by atoms with Gasteiger partial charge in [0.15, 0.2) is 6.73 Å². The van der Waals surface area contributed by atoms with E-state index in [0.29, 0.717) is 25.7 Å². The Morgan fingerprint density at radius 2 is 1.88 bits per heavy atom. The molecule has 6 nitrogen and oxygen atoms in total. The number of likely N-dealkylation sites (tertiary alicyclic amines) is 1. The fourth-order valence-corrected chi connectivity index (χ4v) is 1.29. The first-order chi connectivity index (χ1) is 7.65. The van der Waals surface area contributed by atoms with E-state index in [2.05, 4.69) is 9.47 Å². The molecule has 0 spiro atoms.